The van der Waals surface area contributed by atoms with Crippen molar-refractivity contribution in [3.8, 4) is 0 Å². The first-order chi connectivity index (χ1) is 8.81. The van der Waals surface area contributed by atoms with Crippen molar-refractivity contribution in [2.45, 2.75) is 6.92 Å². The van der Waals surface area contributed by atoms with Gasteiger partial charge in [-0.3, -0.25) is 0 Å². The summed E-state index contributed by atoms with van der Waals surface area (Å²) in [6, 6.07) is 11.6. The molecule has 4 nitrogen and oxygen atoms in total. The van der Waals surface area contributed by atoms with Gasteiger partial charge in [0, 0.05) is 5.39 Å². The Hall–Kier alpha value is -2.36. The first-order valence-electron chi connectivity index (χ1n) is 5.75. The van der Waals surface area contributed by atoms with Gasteiger partial charge in [0.1, 0.15) is 0 Å². The number of ether oxygens (including phenoxy) is 1. The maximum absolute atomic E-state index is 11.7. The van der Waals surface area contributed by atoms with E-state index in [1.54, 1.807) is 6.92 Å². The van der Waals surface area contributed by atoms with Gasteiger partial charge in [0.05, 0.1) is 12.0 Å². The van der Waals surface area contributed by atoms with Gasteiger partial charge in [-0.2, -0.15) is 0 Å². The zero-order valence-corrected chi connectivity index (χ0v) is 9.84. The molecule has 4 heteroatoms. The van der Waals surface area contributed by atoms with Crippen LogP contribution in [0.5, 0.6) is 0 Å². The number of aromatic nitrogens is 1. The van der Waals surface area contributed by atoms with Crippen LogP contribution in [0.1, 0.15) is 17.4 Å². The summed E-state index contributed by atoms with van der Waals surface area (Å²) in [5.41, 5.74) is 0.855. The normalized spacial score (nSPS) is 10.9. The highest BCUT2D eigenvalue weighted by Crippen LogP contribution is 2.27. The van der Waals surface area contributed by atoms with Crippen LogP contribution in [0.3, 0.4) is 0 Å². The van der Waals surface area contributed by atoms with Gasteiger partial charge in [0.2, 0.25) is 0 Å². The molecule has 1 aromatic heterocycles. The third-order valence-electron chi connectivity index (χ3n) is 2.83. The lowest BCUT2D eigenvalue weighted by Crippen LogP contribution is -2.05. The first kappa shape index (κ1) is 10.8. The molecule has 3 aromatic rings. The highest BCUT2D eigenvalue weighted by Gasteiger charge is 2.18. The van der Waals surface area contributed by atoms with Gasteiger partial charge in [0.15, 0.2) is 11.3 Å². The molecular formula is C14H11NO3. The molecule has 0 aliphatic rings. The number of esters is 1. The summed E-state index contributed by atoms with van der Waals surface area (Å²) in [5, 5.41) is 6.50. The molecule has 3 rings (SSSR count). The molecule has 2 aromatic carbocycles. The molecule has 90 valence electrons. The summed E-state index contributed by atoms with van der Waals surface area (Å²) in [6.45, 7) is 2.08. The Labute approximate surface area is 103 Å². The van der Waals surface area contributed by atoms with Crippen LogP contribution in [0, 0.1) is 0 Å². The van der Waals surface area contributed by atoms with Gasteiger partial charge >= 0.3 is 5.97 Å². The van der Waals surface area contributed by atoms with Crippen molar-refractivity contribution >= 4 is 27.7 Å². The molecule has 0 saturated carbocycles. The van der Waals surface area contributed by atoms with Crippen molar-refractivity contribution in [3.63, 3.8) is 0 Å². The van der Waals surface area contributed by atoms with Crippen molar-refractivity contribution < 1.29 is 14.1 Å². The third kappa shape index (κ3) is 1.54. The Morgan fingerprint density at radius 2 is 2.06 bits per heavy atom. The summed E-state index contributed by atoms with van der Waals surface area (Å²) >= 11 is 0. The minimum atomic E-state index is -0.452. The number of carbonyl (C=O) groups excluding carboxylic acids is 1. The molecule has 0 amide bonds. The lowest BCUT2D eigenvalue weighted by molar-refractivity contribution is 0.0517. The van der Waals surface area contributed by atoms with Crippen molar-refractivity contribution in [1.82, 2.24) is 5.16 Å². The smallest absolute Gasteiger partial charge is 0.361 e. The molecule has 0 saturated heterocycles. The van der Waals surface area contributed by atoms with E-state index < -0.39 is 5.97 Å². The SMILES string of the molecule is CCOC(=O)c1noc2c1ccc1ccccc12. The standard InChI is InChI=1S/C14H11NO3/c1-2-17-14(16)12-11-8-7-9-5-3-4-6-10(9)13(11)18-15-12/h3-8H,2H2,1H3. The minimum Gasteiger partial charge on any atom is -0.461 e. The van der Waals surface area contributed by atoms with Crippen LogP contribution < -0.4 is 0 Å². The monoisotopic (exact) mass is 241 g/mol. The van der Waals surface area contributed by atoms with E-state index in [2.05, 4.69) is 5.16 Å². The number of benzene rings is 2. The van der Waals surface area contributed by atoms with Crippen LogP contribution in [-0.2, 0) is 4.74 Å². The Morgan fingerprint density at radius 3 is 2.89 bits per heavy atom. The van der Waals surface area contributed by atoms with E-state index in [9.17, 15) is 4.79 Å². The maximum Gasteiger partial charge on any atom is 0.361 e. The molecule has 0 fully saturated rings. The van der Waals surface area contributed by atoms with Crippen LogP contribution in [-0.4, -0.2) is 17.7 Å². The van der Waals surface area contributed by atoms with Crippen LogP contribution in [0.2, 0.25) is 0 Å². The summed E-state index contributed by atoms with van der Waals surface area (Å²) in [7, 11) is 0. The largest absolute Gasteiger partial charge is 0.461 e. The topological polar surface area (TPSA) is 52.3 Å². The minimum absolute atomic E-state index is 0.234. The molecule has 0 aliphatic carbocycles. The lowest BCUT2D eigenvalue weighted by atomic mass is 10.1. The lowest BCUT2D eigenvalue weighted by Gasteiger charge is -1.98. The number of rotatable bonds is 2. The molecule has 0 atom stereocenters. The molecule has 0 aliphatic heterocycles. The predicted molar refractivity (Wildman–Crippen MR) is 67.5 cm³/mol. The average molecular weight is 241 g/mol. The molecule has 0 unspecified atom stereocenters. The zero-order valence-electron chi connectivity index (χ0n) is 9.84. The molecule has 18 heavy (non-hydrogen) atoms. The van der Waals surface area contributed by atoms with E-state index in [-0.39, 0.29) is 5.69 Å². The first-order valence-corrected chi connectivity index (χ1v) is 5.75. The van der Waals surface area contributed by atoms with Crippen LogP contribution in [0.4, 0.5) is 0 Å². The summed E-state index contributed by atoms with van der Waals surface area (Å²) < 4.78 is 10.2. The quantitative estimate of drug-likeness (QED) is 0.647. The van der Waals surface area contributed by atoms with Gasteiger partial charge in [-0.15, -0.1) is 0 Å². The molecule has 1 heterocycles. The van der Waals surface area contributed by atoms with Crippen LogP contribution >= 0.6 is 0 Å². The Bertz CT molecular complexity index is 730. The van der Waals surface area contributed by atoms with E-state index in [4.69, 9.17) is 9.26 Å². The number of nitrogens with zero attached hydrogens (tertiary/aromatic N) is 1. The maximum atomic E-state index is 11.7. The van der Waals surface area contributed by atoms with Gasteiger partial charge in [-0.05, 0) is 18.4 Å². The van der Waals surface area contributed by atoms with E-state index in [1.165, 1.54) is 0 Å². The van der Waals surface area contributed by atoms with E-state index in [0.29, 0.717) is 17.6 Å². The average Bonchev–Trinajstić information content (AvgIpc) is 2.83. The van der Waals surface area contributed by atoms with Gasteiger partial charge in [0.25, 0.3) is 0 Å². The number of hydrogen-bond donors (Lipinski definition) is 0. The van der Waals surface area contributed by atoms with Crippen LogP contribution in [0.25, 0.3) is 21.7 Å². The molecule has 0 spiro atoms. The second-order valence-electron chi connectivity index (χ2n) is 3.92. The van der Waals surface area contributed by atoms with E-state index in [1.807, 2.05) is 36.4 Å². The highest BCUT2D eigenvalue weighted by molar-refractivity contribution is 6.10. The fourth-order valence-electron chi connectivity index (χ4n) is 2.01. The van der Waals surface area contributed by atoms with Crippen molar-refractivity contribution in [1.29, 1.82) is 0 Å². The van der Waals surface area contributed by atoms with Gasteiger partial charge in [-0.25, -0.2) is 4.79 Å². The Kier molecular flexibility index (Phi) is 2.48. The molecule has 0 radical (unpaired) electrons. The summed E-state index contributed by atoms with van der Waals surface area (Å²) in [5.74, 6) is -0.452. The Morgan fingerprint density at radius 1 is 1.22 bits per heavy atom. The fraction of sp³-hybridized carbons (Fsp3) is 0.143. The fourth-order valence-corrected chi connectivity index (χ4v) is 2.01. The number of carbonyl (C=O) groups is 1. The number of fused-ring (bicyclic) bond motifs is 3. The van der Waals surface area contributed by atoms with Gasteiger partial charge < -0.3 is 9.26 Å². The summed E-state index contributed by atoms with van der Waals surface area (Å²) in [6.07, 6.45) is 0. The predicted octanol–water partition coefficient (Wildman–Crippen LogP) is 3.16. The van der Waals surface area contributed by atoms with Crippen molar-refractivity contribution in [2.75, 3.05) is 6.61 Å². The van der Waals surface area contributed by atoms with E-state index >= 15 is 0 Å². The molecule has 0 N–H and O–H groups in total. The summed E-state index contributed by atoms with van der Waals surface area (Å²) in [4.78, 5) is 11.7. The highest BCUT2D eigenvalue weighted by atomic mass is 16.5. The second kappa shape index (κ2) is 4.14. The third-order valence-corrected chi connectivity index (χ3v) is 2.83. The number of hydrogen-bond acceptors (Lipinski definition) is 4. The van der Waals surface area contributed by atoms with Crippen molar-refractivity contribution in [2.24, 2.45) is 0 Å². The van der Waals surface area contributed by atoms with E-state index in [0.717, 1.165) is 10.8 Å². The van der Waals surface area contributed by atoms with Crippen LogP contribution in [0.15, 0.2) is 40.9 Å². The van der Waals surface area contributed by atoms with Crippen molar-refractivity contribution in [3.05, 3.63) is 42.1 Å². The molecular weight excluding hydrogens is 230 g/mol. The Balaban J connectivity index is 2.26. The molecule has 0 bridgehead atoms. The second-order valence-corrected chi connectivity index (χ2v) is 3.92. The van der Waals surface area contributed by atoms with Gasteiger partial charge in [-0.1, -0.05) is 35.5 Å². The zero-order chi connectivity index (χ0) is 12.5.